The lowest BCUT2D eigenvalue weighted by Gasteiger charge is -2.07. The number of hydrogen-bond acceptors (Lipinski definition) is 3. The number of aliphatic hydroxyl groups excluding tert-OH is 1. The first-order valence-electron chi connectivity index (χ1n) is 5.48. The second kappa shape index (κ2) is 3.96. The fraction of sp³-hybridized carbons (Fsp3) is 0.154. The summed E-state index contributed by atoms with van der Waals surface area (Å²) in [6.07, 6.45) is 2.26. The number of rotatable bonds is 2. The highest BCUT2D eigenvalue weighted by Crippen LogP contribution is 2.28. The van der Waals surface area contributed by atoms with E-state index in [1.807, 2.05) is 0 Å². The Morgan fingerprint density at radius 1 is 1.39 bits per heavy atom. The average molecular weight is 246 g/mol. The summed E-state index contributed by atoms with van der Waals surface area (Å²) in [5.74, 6) is 0.0454. The molecule has 4 nitrogen and oxygen atoms in total. The standard InChI is InChI=1S/C13H11FN2O2/c1-16-7-15-6-10(16)13(17)12-5-8-4-9(14)2-3-11(8)18-12/h2-7,13,17H,1H3. The number of aliphatic hydroxyl groups is 1. The molecule has 2 aromatic heterocycles. The van der Waals surface area contributed by atoms with E-state index < -0.39 is 6.10 Å². The number of fused-ring (bicyclic) bond motifs is 1. The molecule has 5 heteroatoms. The van der Waals surface area contributed by atoms with Crippen molar-refractivity contribution in [3.8, 4) is 0 Å². The lowest BCUT2D eigenvalue weighted by molar-refractivity contribution is 0.184. The van der Waals surface area contributed by atoms with Gasteiger partial charge in [-0.1, -0.05) is 0 Å². The summed E-state index contributed by atoms with van der Waals surface area (Å²) in [6.45, 7) is 0. The Bertz CT molecular complexity index is 702. The molecule has 0 saturated carbocycles. The molecule has 0 aliphatic heterocycles. The zero-order chi connectivity index (χ0) is 12.7. The highest BCUT2D eigenvalue weighted by molar-refractivity contribution is 5.78. The average Bonchev–Trinajstić information content (AvgIpc) is 2.93. The molecule has 1 unspecified atom stereocenters. The zero-order valence-corrected chi connectivity index (χ0v) is 9.67. The van der Waals surface area contributed by atoms with Crippen LogP contribution in [0.5, 0.6) is 0 Å². The highest BCUT2D eigenvalue weighted by atomic mass is 19.1. The van der Waals surface area contributed by atoms with Crippen molar-refractivity contribution in [3.05, 3.63) is 54.1 Å². The van der Waals surface area contributed by atoms with Gasteiger partial charge in [-0.3, -0.25) is 0 Å². The van der Waals surface area contributed by atoms with Crippen molar-refractivity contribution in [1.29, 1.82) is 0 Å². The van der Waals surface area contributed by atoms with Gasteiger partial charge in [0.2, 0.25) is 0 Å². The summed E-state index contributed by atoms with van der Waals surface area (Å²) in [7, 11) is 1.79. The van der Waals surface area contributed by atoms with Crippen LogP contribution >= 0.6 is 0 Å². The molecule has 0 bridgehead atoms. The molecule has 18 heavy (non-hydrogen) atoms. The van der Waals surface area contributed by atoms with E-state index in [0.717, 1.165) is 0 Å². The molecule has 0 amide bonds. The zero-order valence-electron chi connectivity index (χ0n) is 9.67. The lowest BCUT2D eigenvalue weighted by Crippen LogP contribution is -2.03. The monoisotopic (exact) mass is 246 g/mol. The molecule has 92 valence electrons. The fourth-order valence-electron chi connectivity index (χ4n) is 1.95. The number of aryl methyl sites for hydroxylation is 1. The van der Waals surface area contributed by atoms with Gasteiger partial charge in [-0.25, -0.2) is 9.37 Å². The minimum Gasteiger partial charge on any atom is -0.458 e. The molecule has 3 aromatic rings. The van der Waals surface area contributed by atoms with Crippen molar-refractivity contribution < 1.29 is 13.9 Å². The van der Waals surface area contributed by atoms with Crippen LogP contribution in [0.4, 0.5) is 4.39 Å². The van der Waals surface area contributed by atoms with Crippen molar-refractivity contribution in [2.45, 2.75) is 6.10 Å². The first kappa shape index (κ1) is 11.0. The molecule has 3 rings (SSSR count). The first-order chi connectivity index (χ1) is 8.65. The van der Waals surface area contributed by atoms with Crippen LogP contribution in [0, 0.1) is 5.82 Å². The molecule has 0 fully saturated rings. The van der Waals surface area contributed by atoms with E-state index >= 15 is 0 Å². The normalized spacial score (nSPS) is 13.1. The molecule has 1 N–H and O–H groups in total. The predicted molar refractivity (Wildman–Crippen MR) is 63.4 cm³/mol. The summed E-state index contributed by atoms with van der Waals surface area (Å²) >= 11 is 0. The molecule has 0 aliphatic carbocycles. The third kappa shape index (κ3) is 1.69. The molecular formula is C13H11FN2O2. The van der Waals surface area contributed by atoms with Gasteiger partial charge in [0.05, 0.1) is 18.2 Å². The van der Waals surface area contributed by atoms with Crippen molar-refractivity contribution in [1.82, 2.24) is 9.55 Å². The van der Waals surface area contributed by atoms with Crippen molar-refractivity contribution in [2.24, 2.45) is 7.05 Å². The van der Waals surface area contributed by atoms with Crippen LogP contribution in [-0.4, -0.2) is 14.7 Å². The van der Waals surface area contributed by atoms with Gasteiger partial charge in [-0.05, 0) is 24.3 Å². The van der Waals surface area contributed by atoms with E-state index in [4.69, 9.17) is 4.42 Å². The number of benzene rings is 1. The summed E-state index contributed by atoms with van der Waals surface area (Å²) in [5, 5.41) is 10.8. The summed E-state index contributed by atoms with van der Waals surface area (Å²) in [6, 6.07) is 5.88. The SMILES string of the molecule is Cn1cncc1C(O)c1cc2cc(F)ccc2o1. The minimum atomic E-state index is -0.909. The molecular weight excluding hydrogens is 235 g/mol. The van der Waals surface area contributed by atoms with Gasteiger partial charge in [0.1, 0.15) is 17.2 Å². The van der Waals surface area contributed by atoms with Crippen LogP contribution in [-0.2, 0) is 7.05 Å². The Labute approximate surface area is 102 Å². The third-order valence-corrected chi connectivity index (χ3v) is 2.90. The van der Waals surface area contributed by atoms with Gasteiger partial charge >= 0.3 is 0 Å². The molecule has 0 saturated heterocycles. The Morgan fingerprint density at radius 3 is 2.94 bits per heavy atom. The Balaban J connectivity index is 2.07. The van der Waals surface area contributed by atoms with E-state index in [1.165, 1.54) is 12.1 Å². The van der Waals surface area contributed by atoms with E-state index in [1.54, 1.807) is 36.3 Å². The summed E-state index contributed by atoms with van der Waals surface area (Å²) in [5.41, 5.74) is 1.17. The van der Waals surface area contributed by atoms with Gasteiger partial charge in [0, 0.05) is 12.4 Å². The number of furan rings is 1. The topological polar surface area (TPSA) is 51.2 Å². The number of hydrogen-bond donors (Lipinski definition) is 1. The second-order valence-corrected chi connectivity index (χ2v) is 4.16. The van der Waals surface area contributed by atoms with Gasteiger partial charge in [-0.15, -0.1) is 0 Å². The molecule has 0 radical (unpaired) electrons. The lowest BCUT2D eigenvalue weighted by atomic mass is 10.2. The largest absolute Gasteiger partial charge is 0.458 e. The van der Waals surface area contributed by atoms with Crippen LogP contribution in [0.25, 0.3) is 11.0 Å². The van der Waals surface area contributed by atoms with E-state index in [-0.39, 0.29) is 5.82 Å². The minimum absolute atomic E-state index is 0.329. The van der Waals surface area contributed by atoms with Crippen molar-refractivity contribution in [2.75, 3.05) is 0 Å². The number of imidazole rings is 1. The maximum absolute atomic E-state index is 13.1. The van der Waals surface area contributed by atoms with Gasteiger partial charge in [0.15, 0.2) is 6.10 Å². The molecule has 0 spiro atoms. The number of nitrogens with zero attached hydrogens (tertiary/aromatic N) is 2. The Hall–Kier alpha value is -2.14. The number of aromatic nitrogens is 2. The maximum atomic E-state index is 13.1. The van der Waals surface area contributed by atoms with Gasteiger partial charge in [0.25, 0.3) is 0 Å². The van der Waals surface area contributed by atoms with Crippen LogP contribution < -0.4 is 0 Å². The highest BCUT2D eigenvalue weighted by Gasteiger charge is 2.18. The number of halogens is 1. The predicted octanol–water partition coefficient (Wildman–Crippen LogP) is 2.39. The fourth-order valence-corrected chi connectivity index (χ4v) is 1.95. The van der Waals surface area contributed by atoms with E-state index in [0.29, 0.717) is 22.4 Å². The first-order valence-corrected chi connectivity index (χ1v) is 5.48. The summed E-state index contributed by atoms with van der Waals surface area (Å²) < 4.78 is 20.3. The van der Waals surface area contributed by atoms with Crippen LogP contribution in [0.15, 0.2) is 41.2 Å². The second-order valence-electron chi connectivity index (χ2n) is 4.16. The summed E-state index contributed by atoms with van der Waals surface area (Å²) in [4.78, 5) is 3.94. The molecule has 1 aromatic carbocycles. The van der Waals surface area contributed by atoms with E-state index in [9.17, 15) is 9.50 Å². The van der Waals surface area contributed by atoms with Gasteiger partial charge in [-0.2, -0.15) is 0 Å². The Morgan fingerprint density at radius 2 is 2.22 bits per heavy atom. The smallest absolute Gasteiger partial charge is 0.153 e. The van der Waals surface area contributed by atoms with Crippen molar-refractivity contribution in [3.63, 3.8) is 0 Å². The van der Waals surface area contributed by atoms with Crippen LogP contribution in [0.3, 0.4) is 0 Å². The molecule has 0 aliphatic rings. The van der Waals surface area contributed by atoms with E-state index in [2.05, 4.69) is 4.98 Å². The van der Waals surface area contributed by atoms with Crippen LogP contribution in [0.2, 0.25) is 0 Å². The third-order valence-electron chi connectivity index (χ3n) is 2.90. The Kier molecular flexibility index (Phi) is 2.41. The molecule has 2 heterocycles. The van der Waals surface area contributed by atoms with Gasteiger partial charge < -0.3 is 14.1 Å². The maximum Gasteiger partial charge on any atom is 0.153 e. The van der Waals surface area contributed by atoms with Crippen LogP contribution in [0.1, 0.15) is 17.6 Å². The van der Waals surface area contributed by atoms with Crippen molar-refractivity contribution >= 4 is 11.0 Å². The molecule has 1 atom stereocenters. The quantitative estimate of drug-likeness (QED) is 0.755.